The molecule has 2 aromatic rings. The number of halogens is 1. The molecule has 1 aromatic carbocycles. The lowest BCUT2D eigenvalue weighted by molar-refractivity contribution is 0.287. The van der Waals surface area contributed by atoms with Crippen LogP contribution in [0.2, 0.25) is 0 Å². The molecule has 0 saturated carbocycles. The molecular weight excluding hydrogens is 308 g/mol. The minimum Gasteiger partial charge on any atom is -0.490 e. The third kappa shape index (κ3) is 3.32. The van der Waals surface area contributed by atoms with Crippen LogP contribution in [0.4, 0.5) is 0 Å². The zero-order chi connectivity index (χ0) is 13.7. The van der Waals surface area contributed by atoms with Crippen molar-refractivity contribution in [2.45, 2.75) is 18.7 Å². The summed E-state index contributed by atoms with van der Waals surface area (Å²) in [7, 11) is 0. The Kier molecular flexibility index (Phi) is 4.91. The molecule has 0 radical (unpaired) electrons. The minimum absolute atomic E-state index is 0.0115. The third-order valence-corrected chi connectivity index (χ3v) is 3.63. The molecule has 0 amide bonds. The molecule has 3 nitrogen and oxygen atoms in total. The van der Waals surface area contributed by atoms with Crippen molar-refractivity contribution < 1.29 is 13.9 Å². The van der Waals surface area contributed by atoms with E-state index in [1.54, 1.807) is 6.26 Å². The second-order valence-corrected chi connectivity index (χ2v) is 4.87. The molecule has 1 unspecified atom stereocenters. The number of benzene rings is 1. The van der Waals surface area contributed by atoms with Crippen molar-refractivity contribution in [2.75, 3.05) is 13.2 Å². The largest absolute Gasteiger partial charge is 0.490 e. The lowest BCUT2D eigenvalue weighted by Gasteiger charge is -2.14. The predicted octanol–water partition coefficient (Wildman–Crippen LogP) is 4.56. The van der Waals surface area contributed by atoms with Crippen LogP contribution in [0.1, 0.15) is 30.0 Å². The van der Waals surface area contributed by atoms with Crippen molar-refractivity contribution in [1.29, 1.82) is 0 Å². The summed E-state index contributed by atoms with van der Waals surface area (Å²) >= 11 is 3.63. The van der Waals surface area contributed by atoms with Crippen LogP contribution < -0.4 is 9.47 Å². The maximum atomic E-state index is 5.62. The van der Waals surface area contributed by atoms with Gasteiger partial charge in [-0.05, 0) is 43.7 Å². The molecule has 0 aliphatic carbocycles. The first-order valence-electron chi connectivity index (χ1n) is 6.33. The Morgan fingerprint density at radius 1 is 1.11 bits per heavy atom. The van der Waals surface area contributed by atoms with E-state index in [4.69, 9.17) is 13.9 Å². The normalized spacial score (nSPS) is 12.2. The average molecular weight is 325 g/mol. The van der Waals surface area contributed by atoms with Crippen LogP contribution in [0.25, 0.3) is 0 Å². The van der Waals surface area contributed by atoms with Gasteiger partial charge in [0.25, 0.3) is 0 Å². The van der Waals surface area contributed by atoms with Gasteiger partial charge in [0.05, 0.1) is 24.3 Å². The van der Waals surface area contributed by atoms with Crippen molar-refractivity contribution >= 4 is 15.9 Å². The lowest BCUT2D eigenvalue weighted by atomic mass is 10.1. The van der Waals surface area contributed by atoms with Crippen molar-refractivity contribution in [1.82, 2.24) is 0 Å². The smallest absolute Gasteiger partial charge is 0.161 e. The Labute approximate surface area is 121 Å². The Balaban J connectivity index is 2.29. The molecule has 19 heavy (non-hydrogen) atoms. The monoisotopic (exact) mass is 324 g/mol. The first kappa shape index (κ1) is 14.0. The average Bonchev–Trinajstić information content (AvgIpc) is 2.94. The standard InChI is InChI=1S/C15H17BrO3/c1-3-17-12-8-7-11(10-14(12)18-4-2)15(16)13-6-5-9-19-13/h5-10,15H,3-4H2,1-2H3. The zero-order valence-corrected chi connectivity index (χ0v) is 12.6. The first-order valence-corrected chi connectivity index (χ1v) is 7.24. The van der Waals surface area contributed by atoms with Crippen LogP contribution in [0.15, 0.2) is 41.0 Å². The van der Waals surface area contributed by atoms with Crippen LogP contribution in [-0.4, -0.2) is 13.2 Å². The van der Waals surface area contributed by atoms with Crippen molar-refractivity contribution in [2.24, 2.45) is 0 Å². The zero-order valence-electron chi connectivity index (χ0n) is 11.1. The van der Waals surface area contributed by atoms with E-state index in [0.717, 1.165) is 22.8 Å². The summed E-state index contributed by atoms with van der Waals surface area (Å²) in [5.74, 6) is 2.40. The van der Waals surface area contributed by atoms with Crippen LogP contribution in [0.5, 0.6) is 11.5 Å². The van der Waals surface area contributed by atoms with Gasteiger partial charge in [-0.1, -0.05) is 22.0 Å². The number of ether oxygens (including phenoxy) is 2. The quantitative estimate of drug-likeness (QED) is 0.730. The SMILES string of the molecule is CCOc1ccc(C(Br)c2ccco2)cc1OCC. The topological polar surface area (TPSA) is 31.6 Å². The number of hydrogen-bond donors (Lipinski definition) is 0. The van der Waals surface area contributed by atoms with E-state index in [1.165, 1.54) is 0 Å². The van der Waals surface area contributed by atoms with Gasteiger partial charge >= 0.3 is 0 Å². The Hall–Kier alpha value is -1.42. The maximum absolute atomic E-state index is 5.62. The van der Waals surface area contributed by atoms with Crippen molar-refractivity contribution in [3.05, 3.63) is 47.9 Å². The molecule has 0 bridgehead atoms. The van der Waals surface area contributed by atoms with Gasteiger partial charge in [0.15, 0.2) is 11.5 Å². The highest BCUT2D eigenvalue weighted by atomic mass is 79.9. The molecule has 4 heteroatoms. The van der Waals surface area contributed by atoms with Gasteiger partial charge in [-0.2, -0.15) is 0 Å². The van der Waals surface area contributed by atoms with Crippen LogP contribution >= 0.6 is 15.9 Å². The molecular formula is C15H17BrO3. The molecule has 0 aliphatic heterocycles. The summed E-state index contributed by atoms with van der Waals surface area (Å²) in [6.45, 7) is 5.15. The molecule has 0 aliphatic rings. The molecule has 2 rings (SSSR count). The Morgan fingerprint density at radius 2 is 1.84 bits per heavy atom. The molecule has 0 spiro atoms. The number of alkyl halides is 1. The lowest BCUT2D eigenvalue weighted by Crippen LogP contribution is -2.00. The van der Waals surface area contributed by atoms with Gasteiger partial charge in [0, 0.05) is 0 Å². The van der Waals surface area contributed by atoms with Gasteiger partial charge in [-0.25, -0.2) is 0 Å². The highest BCUT2D eigenvalue weighted by Crippen LogP contribution is 2.36. The summed E-state index contributed by atoms with van der Waals surface area (Å²) < 4.78 is 16.6. The first-order chi connectivity index (χ1) is 9.26. The molecule has 1 atom stereocenters. The molecule has 102 valence electrons. The molecule has 0 N–H and O–H groups in total. The maximum Gasteiger partial charge on any atom is 0.161 e. The summed E-state index contributed by atoms with van der Waals surface area (Å²) in [5.41, 5.74) is 1.07. The number of furan rings is 1. The second-order valence-electron chi connectivity index (χ2n) is 3.95. The van der Waals surface area contributed by atoms with E-state index in [0.29, 0.717) is 13.2 Å². The highest BCUT2D eigenvalue weighted by Gasteiger charge is 2.15. The second kappa shape index (κ2) is 6.66. The fraction of sp³-hybridized carbons (Fsp3) is 0.333. The van der Waals surface area contributed by atoms with Crippen molar-refractivity contribution in [3.63, 3.8) is 0 Å². The van der Waals surface area contributed by atoms with E-state index >= 15 is 0 Å². The summed E-state index contributed by atoms with van der Waals surface area (Å²) in [4.78, 5) is 0.0115. The molecule has 0 fully saturated rings. The van der Waals surface area contributed by atoms with E-state index in [2.05, 4.69) is 15.9 Å². The minimum atomic E-state index is 0.0115. The van der Waals surface area contributed by atoms with E-state index in [-0.39, 0.29) is 4.83 Å². The van der Waals surface area contributed by atoms with Crippen LogP contribution in [-0.2, 0) is 0 Å². The highest BCUT2D eigenvalue weighted by molar-refractivity contribution is 9.09. The predicted molar refractivity (Wildman–Crippen MR) is 78.3 cm³/mol. The van der Waals surface area contributed by atoms with Gasteiger partial charge in [-0.3, -0.25) is 0 Å². The van der Waals surface area contributed by atoms with Crippen molar-refractivity contribution in [3.8, 4) is 11.5 Å². The number of rotatable bonds is 6. The summed E-state index contributed by atoms with van der Waals surface area (Å²) in [6, 6.07) is 9.74. The molecule has 0 saturated heterocycles. The van der Waals surface area contributed by atoms with Gasteiger partial charge in [0.2, 0.25) is 0 Å². The van der Waals surface area contributed by atoms with E-state index < -0.39 is 0 Å². The van der Waals surface area contributed by atoms with Crippen LogP contribution in [0, 0.1) is 0 Å². The number of hydrogen-bond acceptors (Lipinski definition) is 3. The Morgan fingerprint density at radius 3 is 2.47 bits per heavy atom. The summed E-state index contributed by atoms with van der Waals surface area (Å²) in [6.07, 6.45) is 1.67. The molecule has 1 aromatic heterocycles. The van der Waals surface area contributed by atoms with E-state index in [1.807, 2.05) is 44.2 Å². The van der Waals surface area contributed by atoms with Gasteiger partial charge in [-0.15, -0.1) is 0 Å². The van der Waals surface area contributed by atoms with E-state index in [9.17, 15) is 0 Å². The molecule has 1 heterocycles. The van der Waals surface area contributed by atoms with Crippen LogP contribution in [0.3, 0.4) is 0 Å². The van der Waals surface area contributed by atoms with Gasteiger partial charge < -0.3 is 13.9 Å². The van der Waals surface area contributed by atoms with Gasteiger partial charge in [0.1, 0.15) is 5.76 Å². The third-order valence-electron chi connectivity index (χ3n) is 2.65. The fourth-order valence-electron chi connectivity index (χ4n) is 1.83. The summed E-state index contributed by atoms with van der Waals surface area (Å²) in [5, 5.41) is 0. The fourth-order valence-corrected chi connectivity index (χ4v) is 2.37. The Bertz CT molecular complexity index is 508.